The van der Waals surface area contributed by atoms with Crippen molar-refractivity contribution in [1.82, 2.24) is 5.32 Å². The van der Waals surface area contributed by atoms with Gasteiger partial charge >= 0.3 is 0 Å². The molecule has 2 N–H and O–H groups in total. The zero-order valence-corrected chi connectivity index (χ0v) is 7.07. The molecular weight excluding hydrogens is 146 g/mol. The van der Waals surface area contributed by atoms with Crippen LogP contribution >= 0.6 is 0 Å². The summed E-state index contributed by atoms with van der Waals surface area (Å²) < 4.78 is 4.66. The van der Waals surface area contributed by atoms with Gasteiger partial charge in [-0.1, -0.05) is 13.8 Å². The lowest BCUT2D eigenvalue weighted by Crippen LogP contribution is -2.44. The van der Waals surface area contributed by atoms with Crippen molar-refractivity contribution in [2.45, 2.75) is 26.2 Å². The predicted molar refractivity (Wildman–Crippen MR) is 40.8 cm³/mol. The summed E-state index contributed by atoms with van der Waals surface area (Å²) in [6.07, 6.45) is -0.368. The Morgan fingerprint density at radius 1 is 1.55 bits per heavy atom. The van der Waals surface area contributed by atoms with Crippen LogP contribution in [-0.4, -0.2) is 31.0 Å². The van der Waals surface area contributed by atoms with E-state index >= 15 is 0 Å². The molecule has 0 heterocycles. The van der Waals surface area contributed by atoms with E-state index in [1.807, 2.05) is 13.8 Å². The van der Waals surface area contributed by atoms with Crippen LogP contribution in [0.25, 0.3) is 0 Å². The second-order valence-electron chi connectivity index (χ2n) is 2.68. The van der Waals surface area contributed by atoms with Gasteiger partial charge in [0.2, 0.25) is 6.41 Å². The fourth-order valence-corrected chi connectivity index (χ4v) is 0.829. The van der Waals surface area contributed by atoms with Crippen LogP contribution in [0.15, 0.2) is 0 Å². The molecule has 0 aliphatic carbocycles. The number of carbonyl (C=O) groups is 1. The Labute approximate surface area is 66.5 Å². The molecule has 0 spiro atoms. The summed E-state index contributed by atoms with van der Waals surface area (Å²) >= 11 is 0. The highest BCUT2D eigenvalue weighted by molar-refractivity contribution is 5.46. The first-order valence-electron chi connectivity index (χ1n) is 3.54. The molecular formula is C7H15NO3. The van der Waals surface area contributed by atoms with E-state index in [1.165, 1.54) is 7.11 Å². The van der Waals surface area contributed by atoms with Gasteiger partial charge in [-0.05, 0) is 5.92 Å². The van der Waals surface area contributed by atoms with E-state index in [1.54, 1.807) is 0 Å². The number of ether oxygens (including phenoxy) is 1. The number of hydrogen-bond acceptors (Lipinski definition) is 3. The Morgan fingerprint density at radius 3 is 2.36 bits per heavy atom. The lowest BCUT2D eigenvalue weighted by molar-refractivity contribution is -0.123. The normalized spacial score (nSPS) is 16.1. The van der Waals surface area contributed by atoms with Gasteiger partial charge in [-0.25, -0.2) is 0 Å². The second kappa shape index (κ2) is 5.09. The van der Waals surface area contributed by atoms with E-state index in [0.29, 0.717) is 6.41 Å². The van der Waals surface area contributed by atoms with E-state index < -0.39 is 6.29 Å². The largest absolute Gasteiger partial charge is 0.366 e. The van der Waals surface area contributed by atoms with Crippen LogP contribution in [0.1, 0.15) is 13.8 Å². The van der Waals surface area contributed by atoms with Crippen molar-refractivity contribution in [2.24, 2.45) is 5.92 Å². The second-order valence-corrected chi connectivity index (χ2v) is 2.68. The average Bonchev–Trinajstić information content (AvgIpc) is 1.98. The van der Waals surface area contributed by atoms with Gasteiger partial charge in [-0.15, -0.1) is 0 Å². The Hall–Kier alpha value is -0.610. The molecule has 0 saturated heterocycles. The van der Waals surface area contributed by atoms with Gasteiger partial charge in [0, 0.05) is 7.11 Å². The average molecular weight is 161 g/mol. The standard InChI is InChI=1S/C7H15NO3/c1-5(2)6(8-4-9)7(10)11-3/h4-7,10H,1-3H3,(H,8,9). The molecule has 0 fully saturated rings. The van der Waals surface area contributed by atoms with Crippen molar-refractivity contribution in [3.05, 3.63) is 0 Å². The number of aliphatic hydroxyl groups is 1. The Kier molecular flexibility index (Phi) is 4.81. The maximum atomic E-state index is 10.1. The molecule has 0 rings (SSSR count). The highest BCUT2D eigenvalue weighted by Gasteiger charge is 2.20. The highest BCUT2D eigenvalue weighted by atomic mass is 16.6. The van der Waals surface area contributed by atoms with Gasteiger partial charge < -0.3 is 15.2 Å². The third kappa shape index (κ3) is 3.34. The van der Waals surface area contributed by atoms with E-state index in [0.717, 1.165) is 0 Å². The van der Waals surface area contributed by atoms with E-state index in [2.05, 4.69) is 10.1 Å². The zero-order valence-electron chi connectivity index (χ0n) is 7.07. The topological polar surface area (TPSA) is 58.6 Å². The van der Waals surface area contributed by atoms with Crippen LogP contribution in [0, 0.1) is 5.92 Å². The number of aliphatic hydroxyl groups excluding tert-OH is 1. The molecule has 0 bridgehead atoms. The van der Waals surface area contributed by atoms with Crippen LogP contribution in [0.4, 0.5) is 0 Å². The summed E-state index contributed by atoms with van der Waals surface area (Å²) in [5, 5.41) is 11.7. The van der Waals surface area contributed by atoms with Crippen LogP contribution < -0.4 is 5.32 Å². The van der Waals surface area contributed by atoms with Crippen molar-refractivity contribution in [3.8, 4) is 0 Å². The molecule has 0 aromatic rings. The molecule has 0 aliphatic heterocycles. The number of methoxy groups -OCH3 is 1. The Bertz CT molecular complexity index is 116. The number of carbonyl (C=O) groups excluding carboxylic acids is 1. The van der Waals surface area contributed by atoms with Crippen LogP contribution in [0.3, 0.4) is 0 Å². The van der Waals surface area contributed by atoms with E-state index in [4.69, 9.17) is 0 Å². The molecule has 2 atom stereocenters. The molecule has 4 heteroatoms. The van der Waals surface area contributed by atoms with E-state index in [9.17, 15) is 9.90 Å². The molecule has 0 aromatic carbocycles. The van der Waals surface area contributed by atoms with Crippen LogP contribution in [0.5, 0.6) is 0 Å². The summed E-state index contributed by atoms with van der Waals surface area (Å²) in [4.78, 5) is 10.1. The molecule has 0 aliphatic rings. The fraction of sp³-hybridized carbons (Fsp3) is 0.857. The summed E-state index contributed by atoms with van der Waals surface area (Å²) in [6.45, 7) is 3.78. The third-order valence-electron chi connectivity index (χ3n) is 1.53. The SMILES string of the molecule is COC(O)C(NC=O)C(C)C. The highest BCUT2D eigenvalue weighted by Crippen LogP contribution is 2.05. The molecule has 4 nitrogen and oxygen atoms in total. The van der Waals surface area contributed by atoms with Crippen molar-refractivity contribution in [1.29, 1.82) is 0 Å². The van der Waals surface area contributed by atoms with Gasteiger partial charge in [0.1, 0.15) is 0 Å². The molecule has 2 unspecified atom stereocenters. The van der Waals surface area contributed by atoms with Gasteiger partial charge in [-0.3, -0.25) is 4.79 Å². The lowest BCUT2D eigenvalue weighted by atomic mass is 10.0. The van der Waals surface area contributed by atoms with Crippen molar-refractivity contribution in [3.63, 3.8) is 0 Å². The molecule has 0 aromatic heterocycles. The Balaban J connectivity index is 3.96. The van der Waals surface area contributed by atoms with Crippen molar-refractivity contribution >= 4 is 6.41 Å². The molecule has 1 amide bonds. The first-order chi connectivity index (χ1) is 5.13. The van der Waals surface area contributed by atoms with Crippen molar-refractivity contribution < 1.29 is 14.6 Å². The number of hydrogen-bond donors (Lipinski definition) is 2. The van der Waals surface area contributed by atoms with Gasteiger partial charge in [0.25, 0.3) is 0 Å². The summed E-state index contributed by atoms with van der Waals surface area (Å²) in [7, 11) is 1.40. The van der Waals surface area contributed by atoms with E-state index in [-0.39, 0.29) is 12.0 Å². The molecule has 0 radical (unpaired) electrons. The maximum absolute atomic E-state index is 10.1. The molecule has 66 valence electrons. The fourth-order valence-electron chi connectivity index (χ4n) is 0.829. The van der Waals surface area contributed by atoms with Gasteiger partial charge in [0.15, 0.2) is 6.29 Å². The van der Waals surface area contributed by atoms with Gasteiger partial charge in [-0.2, -0.15) is 0 Å². The number of nitrogens with one attached hydrogen (secondary N) is 1. The minimum Gasteiger partial charge on any atom is -0.366 e. The zero-order chi connectivity index (χ0) is 8.85. The smallest absolute Gasteiger partial charge is 0.207 e. The van der Waals surface area contributed by atoms with Crippen LogP contribution in [0.2, 0.25) is 0 Å². The minimum absolute atomic E-state index is 0.148. The third-order valence-corrected chi connectivity index (χ3v) is 1.53. The number of amides is 1. The minimum atomic E-state index is -0.930. The summed E-state index contributed by atoms with van der Waals surface area (Å²) in [6, 6.07) is -0.336. The first-order valence-corrected chi connectivity index (χ1v) is 3.54. The summed E-state index contributed by atoms with van der Waals surface area (Å²) in [5.41, 5.74) is 0. The Morgan fingerprint density at radius 2 is 2.09 bits per heavy atom. The first kappa shape index (κ1) is 10.4. The predicted octanol–water partition coefficient (Wildman–Crippen LogP) is -0.278. The molecule has 0 saturated carbocycles. The summed E-state index contributed by atoms with van der Waals surface area (Å²) in [5.74, 6) is 0.148. The maximum Gasteiger partial charge on any atom is 0.207 e. The monoisotopic (exact) mass is 161 g/mol. The van der Waals surface area contributed by atoms with Crippen molar-refractivity contribution in [2.75, 3.05) is 7.11 Å². The molecule has 11 heavy (non-hydrogen) atoms. The lowest BCUT2D eigenvalue weighted by Gasteiger charge is -2.23. The van der Waals surface area contributed by atoms with Gasteiger partial charge in [0.05, 0.1) is 6.04 Å². The van der Waals surface area contributed by atoms with Crippen LogP contribution in [-0.2, 0) is 9.53 Å². The quantitative estimate of drug-likeness (QED) is 0.431. The number of rotatable bonds is 5.